The first kappa shape index (κ1) is 14.3. The Kier molecular flexibility index (Phi) is 3.81. The molecule has 0 saturated heterocycles. The Hall–Kier alpha value is -3.35. The highest BCUT2D eigenvalue weighted by molar-refractivity contribution is 5.52. The average Bonchev–Trinajstić information content (AvgIpc) is 3.27. The first-order valence-electron chi connectivity index (χ1n) is 7.55. The van der Waals surface area contributed by atoms with Gasteiger partial charge in [-0.15, -0.1) is 10.2 Å². The molecule has 0 saturated carbocycles. The van der Waals surface area contributed by atoms with Crippen LogP contribution in [0.5, 0.6) is 0 Å². The molecule has 24 heavy (non-hydrogen) atoms. The van der Waals surface area contributed by atoms with Crippen LogP contribution in [0.1, 0.15) is 17.3 Å². The monoisotopic (exact) mass is 318 g/mol. The lowest BCUT2D eigenvalue weighted by Crippen LogP contribution is -2.05. The highest BCUT2D eigenvalue weighted by Crippen LogP contribution is 2.12. The number of benzene rings is 2. The lowest BCUT2D eigenvalue weighted by Gasteiger charge is -1.94. The standard InChI is InChI=1S/C17H14N6O/c1-3-7-13(8-4-1)11-16-18-15(21-24-16)12-23-20-17(19-22-23)14-9-5-2-6-10-14/h1-10H,11-12H2. The fraction of sp³-hybridized carbons (Fsp3) is 0.118. The van der Waals surface area contributed by atoms with Crippen LogP contribution in [0.2, 0.25) is 0 Å². The van der Waals surface area contributed by atoms with Gasteiger partial charge in [0.15, 0.2) is 5.82 Å². The van der Waals surface area contributed by atoms with E-state index in [-0.39, 0.29) is 0 Å². The van der Waals surface area contributed by atoms with E-state index in [9.17, 15) is 0 Å². The van der Waals surface area contributed by atoms with Gasteiger partial charge in [0.25, 0.3) is 0 Å². The zero-order valence-corrected chi connectivity index (χ0v) is 12.8. The van der Waals surface area contributed by atoms with Crippen LogP contribution in [0.15, 0.2) is 65.2 Å². The molecule has 0 aliphatic heterocycles. The summed E-state index contributed by atoms with van der Waals surface area (Å²) in [4.78, 5) is 5.83. The van der Waals surface area contributed by atoms with E-state index < -0.39 is 0 Å². The van der Waals surface area contributed by atoms with Gasteiger partial charge in [0.2, 0.25) is 11.7 Å². The fourth-order valence-electron chi connectivity index (χ4n) is 2.34. The van der Waals surface area contributed by atoms with E-state index in [1.165, 1.54) is 4.80 Å². The molecule has 2 aromatic carbocycles. The smallest absolute Gasteiger partial charge is 0.231 e. The van der Waals surface area contributed by atoms with Gasteiger partial charge in [0.05, 0.1) is 6.42 Å². The SMILES string of the molecule is c1ccc(Cc2nc(Cn3nnc(-c4ccccc4)n3)no2)cc1. The van der Waals surface area contributed by atoms with Crippen LogP contribution in [-0.2, 0) is 13.0 Å². The predicted molar refractivity (Wildman–Crippen MR) is 85.9 cm³/mol. The van der Waals surface area contributed by atoms with E-state index in [0.29, 0.717) is 30.5 Å². The molecule has 0 atom stereocenters. The van der Waals surface area contributed by atoms with Crippen molar-refractivity contribution in [3.8, 4) is 11.4 Å². The van der Waals surface area contributed by atoms with Crippen molar-refractivity contribution < 1.29 is 4.52 Å². The molecular weight excluding hydrogens is 304 g/mol. The fourth-order valence-corrected chi connectivity index (χ4v) is 2.34. The second-order valence-corrected chi connectivity index (χ2v) is 5.28. The largest absolute Gasteiger partial charge is 0.339 e. The molecule has 2 aromatic heterocycles. The normalized spacial score (nSPS) is 10.8. The number of tetrazole rings is 1. The van der Waals surface area contributed by atoms with E-state index in [0.717, 1.165) is 11.1 Å². The number of hydrogen-bond acceptors (Lipinski definition) is 6. The summed E-state index contributed by atoms with van der Waals surface area (Å²) in [6, 6.07) is 19.7. The first-order valence-corrected chi connectivity index (χ1v) is 7.55. The third-order valence-corrected chi connectivity index (χ3v) is 3.48. The third kappa shape index (κ3) is 3.19. The van der Waals surface area contributed by atoms with Crippen LogP contribution < -0.4 is 0 Å². The molecule has 0 aliphatic rings. The molecule has 0 N–H and O–H groups in total. The highest BCUT2D eigenvalue weighted by Gasteiger charge is 2.11. The minimum atomic E-state index is 0.318. The Labute approximate surface area is 138 Å². The molecular formula is C17H14N6O. The molecule has 4 rings (SSSR count). The Bertz CT molecular complexity index is 916. The van der Waals surface area contributed by atoms with Crippen molar-refractivity contribution in [2.45, 2.75) is 13.0 Å². The Morgan fingerprint density at radius 1 is 0.917 bits per heavy atom. The highest BCUT2D eigenvalue weighted by atomic mass is 16.5. The van der Waals surface area contributed by atoms with E-state index in [1.54, 1.807) is 0 Å². The van der Waals surface area contributed by atoms with Gasteiger partial charge in [-0.3, -0.25) is 0 Å². The first-order chi connectivity index (χ1) is 11.9. The maximum Gasteiger partial charge on any atom is 0.231 e. The van der Waals surface area contributed by atoms with Crippen LogP contribution in [-0.4, -0.2) is 30.3 Å². The molecule has 2 heterocycles. The van der Waals surface area contributed by atoms with Gasteiger partial charge in [-0.05, 0) is 10.8 Å². The second-order valence-electron chi connectivity index (χ2n) is 5.28. The van der Waals surface area contributed by atoms with Crippen molar-refractivity contribution in [3.63, 3.8) is 0 Å². The predicted octanol–water partition coefficient (Wildman–Crippen LogP) is 2.36. The summed E-state index contributed by atoms with van der Waals surface area (Å²) in [5, 5.41) is 16.4. The zero-order valence-electron chi connectivity index (χ0n) is 12.8. The molecule has 0 unspecified atom stereocenters. The quantitative estimate of drug-likeness (QED) is 0.562. The van der Waals surface area contributed by atoms with Crippen molar-refractivity contribution >= 4 is 0 Å². The summed E-state index contributed by atoms with van der Waals surface area (Å²) < 4.78 is 5.28. The van der Waals surface area contributed by atoms with Crippen LogP contribution in [0.3, 0.4) is 0 Å². The average molecular weight is 318 g/mol. The summed E-state index contributed by atoms with van der Waals surface area (Å²) in [5.74, 6) is 1.67. The Balaban J connectivity index is 1.46. The van der Waals surface area contributed by atoms with Crippen LogP contribution in [0.4, 0.5) is 0 Å². The molecule has 0 aliphatic carbocycles. The van der Waals surface area contributed by atoms with E-state index >= 15 is 0 Å². The lowest BCUT2D eigenvalue weighted by atomic mass is 10.1. The van der Waals surface area contributed by atoms with Gasteiger partial charge in [-0.1, -0.05) is 65.8 Å². The number of rotatable bonds is 5. The molecule has 0 radical (unpaired) electrons. The van der Waals surface area contributed by atoms with Crippen LogP contribution in [0, 0.1) is 0 Å². The summed E-state index contributed by atoms with van der Waals surface area (Å²) in [7, 11) is 0. The maximum absolute atomic E-state index is 5.28. The molecule has 7 nitrogen and oxygen atoms in total. The molecule has 7 heteroatoms. The van der Waals surface area contributed by atoms with Crippen LogP contribution >= 0.6 is 0 Å². The Morgan fingerprint density at radius 3 is 2.46 bits per heavy atom. The molecule has 4 aromatic rings. The molecule has 0 spiro atoms. The maximum atomic E-state index is 5.28. The zero-order chi connectivity index (χ0) is 16.2. The minimum absolute atomic E-state index is 0.318. The van der Waals surface area contributed by atoms with E-state index in [4.69, 9.17) is 4.52 Å². The summed E-state index contributed by atoms with van der Waals surface area (Å²) in [6.45, 7) is 0.318. The van der Waals surface area contributed by atoms with Crippen molar-refractivity contribution in [1.82, 2.24) is 30.3 Å². The van der Waals surface area contributed by atoms with Gasteiger partial charge >= 0.3 is 0 Å². The number of aromatic nitrogens is 6. The molecule has 0 amide bonds. The number of nitrogens with zero attached hydrogens (tertiary/aromatic N) is 6. The third-order valence-electron chi connectivity index (χ3n) is 3.48. The van der Waals surface area contributed by atoms with Crippen molar-refractivity contribution in [3.05, 3.63) is 77.9 Å². The summed E-state index contributed by atoms with van der Waals surface area (Å²) in [6.07, 6.45) is 0.605. The van der Waals surface area contributed by atoms with Gasteiger partial charge in [-0.2, -0.15) is 9.78 Å². The van der Waals surface area contributed by atoms with Gasteiger partial charge in [0.1, 0.15) is 6.54 Å². The number of hydrogen-bond donors (Lipinski definition) is 0. The van der Waals surface area contributed by atoms with Crippen molar-refractivity contribution in [2.24, 2.45) is 0 Å². The second kappa shape index (κ2) is 6.41. The topological polar surface area (TPSA) is 82.5 Å². The molecule has 0 bridgehead atoms. The van der Waals surface area contributed by atoms with Crippen LogP contribution in [0.25, 0.3) is 11.4 Å². The summed E-state index contributed by atoms with van der Waals surface area (Å²) in [5.41, 5.74) is 2.04. The summed E-state index contributed by atoms with van der Waals surface area (Å²) >= 11 is 0. The molecule has 0 fully saturated rings. The van der Waals surface area contributed by atoms with Gasteiger partial charge in [0, 0.05) is 5.56 Å². The lowest BCUT2D eigenvalue weighted by molar-refractivity contribution is 0.375. The Morgan fingerprint density at radius 2 is 1.67 bits per heavy atom. The van der Waals surface area contributed by atoms with Gasteiger partial charge < -0.3 is 4.52 Å². The van der Waals surface area contributed by atoms with Crippen molar-refractivity contribution in [2.75, 3.05) is 0 Å². The van der Waals surface area contributed by atoms with Crippen molar-refractivity contribution in [1.29, 1.82) is 0 Å². The van der Waals surface area contributed by atoms with E-state index in [2.05, 4.69) is 25.6 Å². The van der Waals surface area contributed by atoms with Gasteiger partial charge in [-0.25, -0.2) is 0 Å². The minimum Gasteiger partial charge on any atom is -0.339 e. The molecule has 118 valence electrons. The van der Waals surface area contributed by atoms with E-state index in [1.807, 2.05) is 60.7 Å².